The Labute approximate surface area is 107 Å². The van der Waals surface area contributed by atoms with E-state index in [0.717, 1.165) is 19.5 Å². The molecule has 0 aromatic heterocycles. The minimum atomic E-state index is -1.41. The molecular formula is C12H22N2O4. The molecule has 0 aromatic rings. The van der Waals surface area contributed by atoms with Crippen LogP contribution in [-0.4, -0.2) is 52.9 Å². The van der Waals surface area contributed by atoms with Crippen LogP contribution < -0.4 is 5.32 Å². The summed E-state index contributed by atoms with van der Waals surface area (Å²) in [5, 5.41) is 20.2. The zero-order chi connectivity index (χ0) is 13.7. The molecule has 1 heterocycles. The first-order valence-electron chi connectivity index (χ1n) is 6.35. The molecule has 0 aliphatic carbocycles. The fourth-order valence-electron chi connectivity index (χ4n) is 2.00. The predicted octanol–water partition coefficient (Wildman–Crippen LogP) is 0.509. The number of hydrogen-bond donors (Lipinski definition) is 3. The summed E-state index contributed by atoms with van der Waals surface area (Å²) in [6, 6.07) is -0.175. The molecule has 18 heavy (non-hydrogen) atoms. The van der Waals surface area contributed by atoms with Crippen LogP contribution in [0.2, 0.25) is 0 Å². The van der Waals surface area contributed by atoms with Crippen LogP contribution in [-0.2, 0) is 4.79 Å². The fraction of sp³-hybridized carbons (Fsp3) is 0.833. The van der Waals surface area contributed by atoms with E-state index in [1.807, 2.05) is 0 Å². The summed E-state index contributed by atoms with van der Waals surface area (Å²) in [5.41, 5.74) is 0. The molecule has 0 bridgehead atoms. The number of aliphatic hydroxyl groups is 1. The normalized spacial score (nSPS) is 25.6. The quantitative estimate of drug-likeness (QED) is 0.685. The van der Waals surface area contributed by atoms with Gasteiger partial charge >= 0.3 is 12.0 Å². The molecule has 1 fully saturated rings. The van der Waals surface area contributed by atoms with E-state index in [0.29, 0.717) is 11.8 Å². The van der Waals surface area contributed by atoms with Crippen molar-refractivity contribution in [3.63, 3.8) is 0 Å². The van der Waals surface area contributed by atoms with Gasteiger partial charge in [-0.3, -0.25) is 0 Å². The Balaban J connectivity index is 2.27. The van der Waals surface area contributed by atoms with Crippen LogP contribution in [0.15, 0.2) is 0 Å². The van der Waals surface area contributed by atoms with Gasteiger partial charge in [-0.05, 0) is 18.3 Å². The maximum absolute atomic E-state index is 11.8. The number of rotatable bonds is 4. The number of piperidine rings is 1. The van der Waals surface area contributed by atoms with Crippen molar-refractivity contribution in [1.29, 1.82) is 0 Å². The van der Waals surface area contributed by atoms with Crippen LogP contribution in [0, 0.1) is 11.8 Å². The van der Waals surface area contributed by atoms with Crippen LogP contribution in [0.1, 0.15) is 26.7 Å². The third-order valence-corrected chi connectivity index (χ3v) is 3.60. The molecule has 1 saturated heterocycles. The van der Waals surface area contributed by atoms with Crippen molar-refractivity contribution in [1.82, 2.24) is 10.2 Å². The van der Waals surface area contributed by atoms with E-state index in [-0.39, 0.29) is 19.0 Å². The van der Waals surface area contributed by atoms with Gasteiger partial charge in [0.25, 0.3) is 0 Å². The molecule has 0 spiro atoms. The second-order valence-electron chi connectivity index (χ2n) is 5.06. The van der Waals surface area contributed by atoms with Crippen LogP contribution >= 0.6 is 0 Å². The van der Waals surface area contributed by atoms with Crippen molar-refractivity contribution in [3.05, 3.63) is 0 Å². The number of aliphatic hydroxyl groups excluding tert-OH is 1. The largest absolute Gasteiger partial charge is 0.479 e. The van der Waals surface area contributed by atoms with E-state index in [1.165, 1.54) is 0 Å². The molecule has 0 radical (unpaired) electrons. The van der Waals surface area contributed by atoms with Crippen molar-refractivity contribution in [3.8, 4) is 0 Å². The highest BCUT2D eigenvalue weighted by atomic mass is 16.4. The highest BCUT2D eigenvalue weighted by molar-refractivity contribution is 5.74. The minimum Gasteiger partial charge on any atom is -0.479 e. The minimum absolute atomic E-state index is 0.0286. The average Bonchev–Trinajstić information content (AvgIpc) is 2.32. The van der Waals surface area contributed by atoms with E-state index in [2.05, 4.69) is 19.2 Å². The molecule has 6 nitrogen and oxygen atoms in total. The number of nitrogens with one attached hydrogen (secondary N) is 1. The Hall–Kier alpha value is -1.30. The summed E-state index contributed by atoms with van der Waals surface area (Å²) < 4.78 is 0. The lowest BCUT2D eigenvalue weighted by molar-refractivity contribution is -0.146. The molecule has 0 aromatic carbocycles. The van der Waals surface area contributed by atoms with Gasteiger partial charge < -0.3 is 20.4 Å². The summed E-state index contributed by atoms with van der Waals surface area (Å²) in [5.74, 6) is -0.151. The molecule has 0 saturated carbocycles. The second-order valence-corrected chi connectivity index (χ2v) is 5.06. The first-order chi connectivity index (χ1) is 8.41. The third-order valence-electron chi connectivity index (χ3n) is 3.60. The molecule has 1 aliphatic heterocycles. The molecule has 2 unspecified atom stereocenters. The zero-order valence-corrected chi connectivity index (χ0v) is 10.9. The number of aliphatic carboxylic acids is 1. The van der Waals surface area contributed by atoms with Gasteiger partial charge in [-0.2, -0.15) is 0 Å². The average molecular weight is 258 g/mol. The lowest BCUT2D eigenvalue weighted by Gasteiger charge is -2.35. The van der Waals surface area contributed by atoms with Crippen molar-refractivity contribution in [2.75, 3.05) is 19.6 Å². The van der Waals surface area contributed by atoms with Gasteiger partial charge in [0.05, 0.1) is 0 Å². The summed E-state index contributed by atoms with van der Waals surface area (Å²) in [4.78, 5) is 23.9. The number of carbonyl (C=O) groups is 2. The van der Waals surface area contributed by atoms with E-state index < -0.39 is 12.1 Å². The van der Waals surface area contributed by atoms with Gasteiger partial charge in [0.15, 0.2) is 6.10 Å². The lowest BCUT2D eigenvalue weighted by Crippen LogP contribution is -2.47. The maximum atomic E-state index is 11.8. The number of likely N-dealkylation sites (tertiary alicyclic amines) is 1. The first kappa shape index (κ1) is 14.8. The second kappa shape index (κ2) is 6.58. The first-order valence-corrected chi connectivity index (χ1v) is 6.35. The van der Waals surface area contributed by atoms with Crippen molar-refractivity contribution >= 4 is 12.0 Å². The van der Waals surface area contributed by atoms with Gasteiger partial charge in [0.1, 0.15) is 0 Å². The number of amides is 2. The topological polar surface area (TPSA) is 89.9 Å². The molecule has 6 heteroatoms. The van der Waals surface area contributed by atoms with Gasteiger partial charge in [-0.15, -0.1) is 0 Å². The fourth-order valence-corrected chi connectivity index (χ4v) is 2.00. The van der Waals surface area contributed by atoms with E-state index in [1.54, 1.807) is 4.90 Å². The smallest absolute Gasteiger partial charge is 0.332 e. The predicted molar refractivity (Wildman–Crippen MR) is 66.2 cm³/mol. The van der Waals surface area contributed by atoms with Gasteiger partial charge in [-0.1, -0.05) is 13.8 Å². The van der Waals surface area contributed by atoms with Crippen molar-refractivity contribution in [2.24, 2.45) is 11.8 Å². The summed E-state index contributed by atoms with van der Waals surface area (Å²) >= 11 is 0. The van der Waals surface area contributed by atoms with E-state index in [4.69, 9.17) is 10.2 Å². The Bertz CT molecular complexity index is 308. The maximum Gasteiger partial charge on any atom is 0.332 e. The summed E-state index contributed by atoms with van der Waals surface area (Å²) in [7, 11) is 0. The van der Waals surface area contributed by atoms with E-state index in [9.17, 15) is 9.59 Å². The number of urea groups is 1. The van der Waals surface area contributed by atoms with Gasteiger partial charge in [-0.25, -0.2) is 9.59 Å². The molecule has 3 N–H and O–H groups in total. The van der Waals surface area contributed by atoms with Crippen LogP contribution in [0.4, 0.5) is 4.79 Å². The lowest BCUT2D eigenvalue weighted by atomic mass is 9.89. The molecule has 2 amide bonds. The number of carboxylic acids is 1. The SMILES string of the molecule is CC1CCN(C(=O)NCC[C@H](O)C(=O)O)CC1C. The van der Waals surface area contributed by atoms with Crippen LogP contribution in [0.3, 0.4) is 0 Å². The highest BCUT2D eigenvalue weighted by Crippen LogP contribution is 2.22. The Morgan fingerprint density at radius 1 is 1.39 bits per heavy atom. The molecule has 1 aliphatic rings. The Morgan fingerprint density at radius 3 is 2.61 bits per heavy atom. The summed E-state index contributed by atoms with van der Waals surface area (Å²) in [6.07, 6.45) is -0.390. The standard InChI is InChI=1S/C12H22N2O4/c1-8-4-6-14(7-9(8)2)12(18)13-5-3-10(15)11(16)17/h8-10,15H,3-7H2,1-2H3,(H,13,18)(H,16,17)/t8?,9?,10-/m0/s1. The number of carbonyl (C=O) groups excluding carboxylic acids is 1. The third kappa shape index (κ3) is 4.18. The van der Waals surface area contributed by atoms with Crippen molar-refractivity contribution in [2.45, 2.75) is 32.8 Å². The highest BCUT2D eigenvalue weighted by Gasteiger charge is 2.25. The number of nitrogens with zero attached hydrogens (tertiary/aromatic N) is 1. The number of carboxylic acid groups (broad SMARTS) is 1. The zero-order valence-electron chi connectivity index (χ0n) is 10.9. The Morgan fingerprint density at radius 2 is 2.06 bits per heavy atom. The van der Waals surface area contributed by atoms with Gasteiger partial charge in [0, 0.05) is 26.1 Å². The Kier molecular flexibility index (Phi) is 5.40. The van der Waals surface area contributed by atoms with Crippen LogP contribution in [0.25, 0.3) is 0 Å². The molecule has 1 rings (SSSR count). The summed E-state index contributed by atoms with van der Waals surface area (Å²) in [6.45, 7) is 5.95. The molecular weight excluding hydrogens is 236 g/mol. The number of hydrogen-bond acceptors (Lipinski definition) is 3. The molecule has 104 valence electrons. The molecule has 3 atom stereocenters. The van der Waals surface area contributed by atoms with Gasteiger partial charge in [0.2, 0.25) is 0 Å². The van der Waals surface area contributed by atoms with Crippen molar-refractivity contribution < 1.29 is 19.8 Å². The monoisotopic (exact) mass is 258 g/mol. The van der Waals surface area contributed by atoms with E-state index >= 15 is 0 Å². The van der Waals surface area contributed by atoms with Crippen LogP contribution in [0.5, 0.6) is 0 Å².